The third kappa shape index (κ3) is 4.72. The van der Waals surface area contributed by atoms with Crippen LogP contribution in [0.4, 0.5) is 5.69 Å². The lowest BCUT2D eigenvalue weighted by Gasteiger charge is -2.26. The number of para-hydroxylation sites is 1. The topological polar surface area (TPSA) is 24.9 Å². The van der Waals surface area contributed by atoms with E-state index in [-0.39, 0.29) is 6.04 Å². The van der Waals surface area contributed by atoms with E-state index < -0.39 is 0 Å². The Labute approximate surface area is 190 Å². The van der Waals surface area contributed by atoms with E-state index in [1.54, 1.807) is 11.3 Å². The average Bonchev–Trinajstić information content (AvgIpc) is 3.28. The third-order valence-corrected chi connectivity index (χ3v) is 6.54. The Morgan fingerprint density at radius 1 is 0.710 bits per heavy atom. The minimum absolute atomic E-state index is 0.00712. The van der Waals surface area contributed by atoms with Crippen molar-refractivity contribution in [2.75, 3.05) is 5.32 Å². The van der Waals surface area contributed by atoms with Gasteiger partial charge in [-0.05, 0) is 28.5 Å². The lowest BCUT2D eigenvalue weighted by atomic mass is 9.91. The molecule has 0 aliphatic rings. The van der Waals surface area contributed by atoms with Crippen molar-refractivity contribution in [1.82, 2.24) is 4.98 Å². The van der Waals surface area contributed by atoms with Gasteiger partial charge in [0.1, 0.15) is 5.01 Å². The number of hydrogen-bond acceptors (Lipinski definition) is 3. The SMILES string of the molecule is CC(C)c1cccc(C(C)C)c1NC(c1ccccc1)c1csc(-c2ccccc2)n1. The normalized spacial score (nSPS) is 12.3. The van der Waals surface area contributed by atoms with Crippen molar-refractivity contribution in [3.63, 3.8) is 0 Å². The van der Waals surface area contributed by atoms with Crippen LogP contribution in [0.25, 0.3) is 10.6 Å². The molecule has 0 bridgehead atoms. The second-order valence-electron chi connectivity index (χ2n) is 8.55. The maximum atomic E-state index is 5.06. The van der Waals surface area contributed by atoms with Crippen LogP contribution < -0.4 is 5.32 Å². The summed E-state index contributed by atoms with van der Waals surface area (Å²) in [5, 5.41) is 7.17. The van der Waals surface area contributed by atoms with Crippen LogP contribution in [-0.4, -0.2) is 4.98 Å². The van der Waals surface area contributed by atoms with Gasteiger partial charge >= 0.3 is 0 Å². The lowest BCUT2D eigenvalue weighted by Crippen LogP contribution is -2.16. The van der Waals surface area contributed by atoms with E-state index in [1.165, 1.54) is 22.4 Å². The second kappa shape index (κ2) is 9.49. The molecule has 2 nitrogen and oxygen atoms in total. The summed E-state index contributed by atoms with van der Waals surface area (Å²) in [6.07, 6.45) is 0. The van der Waals surface area contributed by atoms with Crippen LogP contribution in [0.1, 0.15) is 68.0 Å². The molecule has 3 aromatic carbocycles. The second-order valence-corrected chi connectivity index (χ2v) is 9.41. The first-order valence-electron chi connectivity index (χ1n) is 11.0. The molecular weight excluding hydrogens is 396 g/mol. The van der Waals surface area contributed by atoms with Gasteiger partial charge in [-0.2, -0.15) is 0 Å². The molecule has 1 heterocycles. The maximum absolute atomic E-state index is 5.06. The summed E-state index contributed by atoms with van der Waals surface area (Å²) in [7, 11) is 0. The lowest BCUT2D eigenvalue weighted by molar-refractivity contribution is 0.816. The number of hydrogen-bond donors (Lipinski definition) is 1. The Kier molecular flexibility index (Phi) is 6.53. The van der Waals surface area contributed by atoms with Crippen molar-refractivity contribution in [2.24, 2.45) is 0 Å². The number of rotatable bonds is 7. The molecule has 1 atom stereocenters. The molecule has 0 spiro atoms. The zero-order valence-corrected chi connectivity index (χ0v) is 19.5. The molecule has 1 unspecified atom stereocenters. The summed E-state index contributed by atoms with van der Waals surface area (Å²) < 4.78 is 0. The number of aromatic nitrogens is 1. The molecule has 1 N–H and O–H groups in total. The molecule has 0 saturated carbocycles. The predicted molar refractivity (Wildman–Crippen MR) is 134 cm³/mol. The summed E-state index contributed by atoms with van der Waals surface area (Å²) in [5.41, 5.74) is 7.40. The molecular formula is C28H30N2S. The van der Waals surface area contributed by atoms with E-state index in [1.807, 2.05) is 6.07 Å². The van der Waals surface area contributed by atoms with Crippen molar-refractivity contribution in [1.29, 1.82) is 0 Å². The molecule has 0 radical (unpaired) electrons. The van der Waals surface area contributed by atoms with Crippen molar-refractivity contribution in [2.45, 2.75) is 45.6 Å². The number of benzene rings is 3. The molecule has 31 heavy (non-hydrogen) atoms. The molecule has 0 saturated heterocycles. The molecule has 4 aromatic rings. The Bertz CT molecular complexity index is 1090. The summed E-state index contributed by atoms with van der Waals surface area (Å²) in [6, 6.07) is 27.7. The van der Waals surface area contributed by atoms with Crippen molar-refractivity contribution in [3.8, 4) is 10.6 Å². The van der Waals surface area contributed by atoms with Gasteiger partial charge in [-0.15, -0.1) is 11.3 Å². The van der Waals surface area contributed by atoms with Gasteiger partial charge in [0.05, 0.1) is 11.7 Å². The van der Waals surface area contributed by atoms with Gasteiger partial charge in [0.2, 0.25) is 0 Å². The fraction of sp³-hybridized carbons (Fsp3) is 0.250. The van der Waals surface area contributed by atoms with Gasteiger partial charge in [0.25, 0.3) is 0 Å². The summed E-state index contributed by atoms with van der Waals surface area (Å²) >= 11 is 1.71. The monoisotopic (exact) mass is 426 g/mol. The summed E-state index contributed by atoms with van der Waals surface area (Å²) in [4.78, 5) is 5.06. The third-order valence-electron chi connectivity index (χ3n) is 5.63. The maximum Gasteiger partial charge on any atom is 0.123 e. The highest BCUT2D eigenvalue weighted by atomic mass is 32.1. The highest BCUT2D eigenvalue weighted by Crippen LogP contribution is 2.37. The zero-order chi connectivity index (χ0) is 21.8. The van der Waals surface area contributed by atoms with E-state index in [0.29, 0.717) is 11.8 Å². The molecule has 158 valence electrons. The smallest absolute Gasteiger partial charge is 0.123 e. The first kappa shape index (κ1) is 21.3. The van der Waals surface area contributed by atoms with E-state index in [0.717, 1.165) is 16.3 Å². The minimum atomic E-state index is -0.00712. The van der Waals surface area contributed by atoms with Crippen LogP contribution in [0.5, 0.6) is 0 Å². The molecule has 1 aromatic heterocycles. The van der Waals surface area contributed by atoms with Crippen LogP contribution in [0, 0.1) is 0 Å². The molecule has 4 rings (SSSR count). The molecule has 0 amide bonds. The fourth-order valence-corrected chi connectivity index (χ4v) is 4.82. The van der Waals surface area contributed by atoms with Gasteiger partial charge in [-0.25, -0.2) is 4.98 Å². The van der Waals surface area contributed by atoms with Crippen LogP contribution in [0.2, 0.25) is 0 Å². The zero-order valence-electron chi connectivity index (χ0n) is 18.7. The van der Waals surface area contributed by atoms with Crippen LogP contribution in [0.15, 0.2) is 84.2 Å². The molecule has 0 aliphatic heterocycles. The first-order valence-corrected chi connectivity index (χ1v) is 11.9. The van der Waals surface area contributed by atoms with Crippen molar-refractivity contribution in [3.05, 3.63) is 107 Å². The van der Waals surface area contributed by atoms with E-state index in [4.69, 9.17) is 4.98 Å². The first-order chi connectivity index (χ1) is 15.0. The molecule has 0 fully saturated rings. The Morgan fingerprint density at radius 3 is 1.87 bits per heavy atom. The highest BCUT2D eigenvalue weighted by Gasteiger charge is 2.22. The quantitative estimate of drug-likeness (QED) is 0.322. The molecule has 3 heteroatoms. The fourth-order valence-electron chi connectivity index (χ4n) is 3.97. The van der Waals surface area contributed by atoms with E-state index in [9.17, 15) is 0 Å². The predicted octanol–water partition coefficient (Wildman–Crippen LogP) is 8.26. The van der Waals surface area contributed by atoms with Crippen molar-refractivity contribution >= 4 is 17.0 Å². The van der Waals surface area contributed by atoms with E-state index in [2.05, 4.69) is 111 Å². The van der Waals surface area contributed by atoms with E-state index >= 15 is 0 Å². The Balaban J connectivity index is 1.80. The number of nitrogens with one attached hydrogen (secondary N) is 1. The van der Waals surface area contributed by atoms with Gasteiger partial charge in [0.15, 0.2) is 0 Å². The Hall–Kier alpha value is -2.91. The van der Waals surface area contributed by atoms with Gasteiger partial charge in [-0.1, -0.05) is 107 Å². The summed E-state index contributed by atoms with van der Waals surface area (Å²) in [5.74, 6) is 0.876. The van der Waals surface area contributed by atoms with Crippen LogP contribution >= 0.6 is 11.3 Å². The van der Waals surface area contributed by atoms with Crippen LogP contribution in [-0.2, 0) is 0 Å². The molecule has 0 aliphatic carbocycles. The van der Waals surface area contributed by atoms with Crippen molar-refractivity contribution < 1.29 is 0 Å². The Morgan fingerprint density at radius 2 is 1.29 bits per heavy atom. The number of nitrogens with zero attached hydrogens (tertiary/aromatic N) is 1. The number of thiazole rings is 1. The largest absolute Gasteiger partial charge is 0.372 e. The highest BCUT2D eigenvalue weighted by molar-refractivity contribution is 7.13. The van der Waals surface area contributed by atoms with Gasteiger partial charge in [-0.3, -0.25) is 0 Å². The number of anilines is 1. The minimum Gasteiger partial charge on any atom is -0.372 e. The summed E-state index contributed by atoms with van der Waals surface area (Å²) in [6.45, 7) is 9.05. The van der Waals surface area contributed by atoms with Crippen LogP contribution in [0.3, 0.4) is 0 Å². The van der Waals surface area contributed by atoms with Gasteiger partial charge < -0.3 is 5.32 Å². The average molecular weight is 427 g/mol. The standard InChI is InChI=1S/C28H30N2S/c1-19(2)23-16-11-17-24(20(3)4)27(23)30-26(21-12-7-5-8-13-21)25-18-31-28(29-25)22-14-9-6-10-15-22/h5-20,26,30H,1-4H3. The van der Waals surface area contributed by atoms with Gasteiger partial charge in [0, 0.05) is 16.6 Å².